The summed E-state index contributed by atoms with van der Waals surface area (Å²) in [5.41, 5.74) is 2.20. The van der Waals surface area contributed by atoms with Crippen LogP contribution in [0.25, 0.3) is 0 Å². The van der Waals surface area contributed by atoms with Crippen molar-refractivity contribution in [3.63, 3.8) is 0 Å². The van der Waals surface area contributed by atoms with E-state index in [4.69, 9.17) is 4.74 Å². The molecule has 1 aromatic rings. The molecule has 0 spiro atoms. The molecule has 0 radical (unpaired) electrons. The maximum Gasteiger partial charge on any atom is 0.0907 e. The van der Waals surface area contributed by atoms with Crippen molar-refractivity contribution >= 4 is 5.97 Å². The van der Waals surface area contributed by atoms with E-state index in [9.17, 15) is 9.90 Å². The smallest absolute Gasteiger partial charge is 0.0907 e. The van der Waals surface area contributed by atoms with Crippen molar-refractivity contribution in [3.05, 3.63) is 35.4 Å². The summed E-state index contributed by atoms with van der Waals surface area (Å²) in [5, 5.41) is 11.0. The highest BCUT2D eigenvalue weighted by Crippen LogP contribution is 2.34. The molecular formula is C13H15O3-. The lowest BCUT2D eigenvalue weighted by Gasteiger charge is -2.32. The summed E-state index contributed by atoms with van der Waals surface area (Å²) in [4.78, 5) is 11.0. The van der Waals surface area contributed by atoms with Crippen LogP contribution in [0.2, 0.25) is 0 Å². The third kappa shape index (κ3) is 1.95. The summed E-state index contributed by atoms with van der Waals surface area (Å²) in [6.45, 7) is 2.44. The van der Waals surface area contributed by atoms with Crippen LogP contribution in [0, 0.1) is 5.92 Å². The predicted molar refractivity (Wildman–Crippen MR) is 57.6 cm³/mol. The Kier molecular flexibility index (Phi) is 3.25. The Morgan fingerprint density at radius 3 is 3.00 bits per heavy atom. The summed E-state index contributed by atoms with van der Waals surface area (Å²) in [6.07, 6.45) is 1.04. The second-order valence-electron chi connectivity index (χ2n) is 4.07. The molecule has 0 N–H and O–H groups in total. The Balaban J connectivity index is 2.34. The molecule has 1 aromatic carbocycles. The van der Waals surface area contributed by atoms with E-state index in [0.717, 1.165) is 12.0 Å². The number of carbonyl (C=O) groups excluding carboxylic acids is 1. The fourth-order valence-electron chi connectivity index (χ4n) is 2.26. The average molecular weight is 219 g/mol. The summed E-state index contributed by atoms with van der Waals surface area (Å²) in [7, 11) is 0. The number of hydrogen-bond donors (Lipinski definition) is 0. The molecule has 2 rings (SSSR count). The highest BCUT2D eigenvalue weighted by atomic mass is 16.5. The summed E-state index contributed by atoms with van der Waals surface area (Å²) in [5.74, 6) is -1.58. The molecule has 3 nitrogen and oxygen atoms in total. The maximum absolute atomic E-state index is 11.0. The van der Waals surface area contributed by atoms with Crippen LogP contribution in [0.4, 0.5) is 0 Å². The van der Waals surface area contributed by atoms with Gasteiger partial charge in [-0.2, -0.15) is 0 Å². The number of carbonyl (C=O) groups is 1. The van der Waals surface area contributed by atoms with Crippen LogP contribution in [0.15, 0.2) is 24.3 Å². The lowest BCUT2D eigenvalue weighted by atomic mass is 9.88. The van der Waals surface area contributed by atoms with Crippen LogP contribution < -0.4 is 5.11 Å². The molecule has 2 unspecified atom stereocenters. The van der Waals surface area contributed by atoms with E-state index in [1.807, 2.05) is 31.2 Å². The molecule has 0 saturated heterocycles. The molecule has 1 aliphatic heterocycles. The van der Waals surface area contributed by atoms with E-state index in [1.165, 1.54) is 5.56 Å². The number of carboxylic acid groups (broad SMARTS) is 1. The van der Waals surface area contributed by atoms with Gasteiger partial charge in [0.1, 0.15) is 0 Å². The van der Waals surface area contributed by atoms with Gasteiger partial charge >= 0.3 is 0 Å². The molecule has 0 aliphatic carbocycles. The number of aliphatic carboxylic acids is 1. The zero-order valence-corrected chi connectivity index (χ0v) is 9.31. The van der Waals surface area contributed by atoms with Crippen LogP contribution >= 0.6 is 0 Å². The number of rotatable bonds is 3. The van der Waals surface area contributed by atoms with Gasteiger partial charge in [-0.1, -0.05) is 31.2 Å². The first kappa shape index (κ1) is 11.1. The number of benzene rings is 1. The zero-order chi connectivity index (χ0) is 11.5. The van der Waals surface area contributed by atoms with Crippen LogP contribution in [0.1, 0.15) is 30.6 Å². The molecule has 0 saturated carbocycles. The van der Waals surface area contributed by atoms with E-state index in [1.54, 1.807) is 0 Å². The van der Waals surface area contributed by atoms with Crippen molar-refractivity contribution in [3.8, 4) is 0 Å². The van der Waals surface area contributed by atoms with Crippen LogP contribution in [0.3, 0.4) is 0 Å². The predicted octanol–water partition coefficient (Wildman–Crippen LogP) is 1.08. The number of carboxylic acids is 1. The molecule has 0 bridgehead atoms. The van der Waals surface area contributed by atoms with Gasteiger partial charge in [0.15, 0.2) is 0 Å². The van der Waals surface area contributed by atoms with Gasteiger partial charge < -0.3 is 14.6 Å². The molecule has 0 aromatic heterocycles. The van der Waals surface area contributed by atoms with Crippen LogP contribution in [-0.4, -0.2) is 12.6 Å². The maximum atomic E-state index is 11.0. The SMILES string of the molecule is CCC(C(=O)[O-])C1OCCc2ccccc21. The Morgan fingerprint density at radius 2 is 2.31 bits per heavy atom. The van der Waals surface area contributed by atoms with E-state index in [-0.39, 0.29) is 6.10 Å². The van der Waals surface area contributed by atoms with E-state index in [0.29, 0.717) is 13.0 Å². The molecule has 86 valence electrons. The number of fused-ring (bicyclic) bond motifs is 1. The lowest BCUT2D eigenvalue weighted by Crippen LogP contribution is -2.37. The van der Waals surface area contributed by atoms with Crippen molar-refractivity contribution in [2.24, 2.45) is 5.92 Å². The Labute approximate surface area is 95.0 Å². The van der Waals surface area contributed by atoms with Crippen LogP contribution in [0.5, 0.6) is 0 Å². The summed E-state index contributed by atoms with van der Waals surface area (Å²) < 4.78 is 5.60. The second kappa shape index (κ2) is 4.66. The summed E-state index contributed by atoms with van der Waals surface area (Å²) in [6, 6.07) is 7.88. The molecule has 16 heavy (non-hydrogen) atoms. The molecule has 1 heterocycles. The van der Waals surface area contributed by atoms with Gasteiger partial charge in [0.25, 0.3) is 0 Å². The first-order valence-electron chi connectivity index (χ1n) is 5.64. The van der Waals surface area contributed by atoms with Crippen molar-refractivity contribution in [1.29, 1.82) is 0 Å². The molecular weight excluding hydrogens is 204 g/mol. The van der Waals surface area contributed by atoms with Crippen molar-refractivity contribution in [1.82, 2.24) is 0 Å². The topological polar surface area (TPSA) is 49.4 Å². The molecule has 1 aliphatic rings. The van der Waals surface area contributed by atoms with Gasteiger partial charge in [0.05, 0.1) is 12.7 Å². The molecule has 0 amide bonds. The van der Waals surface area contributed by atoms with E-state index < -0.39 is 11.9 Å². The van der Waals surface area contributed by atoms with Gasteiger partial charge in [-0.05, 0) is 24.0 Å². The van der Waals surface area contributed by atoms with Gasteiger partial charge in [0.2, 0.25) is 0 Å². The zero-order valence-electron chi connectivity index (χ0n) is 9.31. The van der Waals surface area contributed by atoms with Crippen LogP contribution in [-0.2, 0) is 16.0 Å². The van der Waals surface area contributed by atoms with Gasteiger partial charge in [-0.25, -0.2) is 0 Å². The second-order valence-corrected chi connectivity index (χ2v) is 4.07. The van der Waals surface area contributed by atoms with E-state index >= 15 is 0 Å². The third-order valence-electron chi connectivity index (χ3n) is 3.14. The first-order valence-corrected chi connectivity index (χ1v) is 5.64. The Bertz CT molecular complexity index is 387. The van der Waals surface area contributed by atoms with Gasteiger partial charge in [-0.15, -0.1) is 0 Å². The quantitative estimate of drug-likeness (QED) is 0.764. The standard InChI is InChI=1S/C13H16O3/c1-2-10(13(14)15)12-11-6-4-3-5-9(11)7-8-16-12/h3-6,10,12H,2,7-8H2,1H3,(H,14,15)/p-1. The monoisotopic (exact) mass is 219 g/mol. The molecule has 0 fully saturated rings. The third-order valence-corrected chi connectivity index (χ3v) is 3.14. The lowest BCUT2D eigenvalue weighted by molar-refractivity contribution is -0.315. The molecule has 2 atom stereocenters. The van der Waals surface area contributed by atoms with Crippen molar-refractivity contribution in [2.45, 2.75) is 25.9 Å². The Morgan fingerprint density at radius 1 is 1.56 bits per heavy atom. The highest BCUT2D eigenvalue weighted by molar-refractivity contribution is 5.69. The fourth-order valence-corrected chi connectivity index (χ4v) is 2.26. The normalized spacial score (nSPS) is 21.2. The van der Waals surface area contributed by atoms with Crippen molar-refractivity contribution < 1.29 is 14.6 Å². The number of ether oxygens (including phenoxy) is 1. The minimum absolute atomic E-state index is 0.347. The average Bonchev–Trinajstić information content (AvgIpc) is 2.30. The van der Waals surface area contributed by atoms with Crippen molar-refractivity contribution in [2.75, 3.05) is 6.61 Å². The first-order chi connectivity index (χ1) is 7.74. The minimum atomic E-state index is -1.02. The fraction of sp³-hybridized carbons (Fsp3) is 0.462. The highest BCUT2D eigenvalue weighted by Gasteiger charge is 2.28. The Hall–Kier alpha value is -1.35. The van der Waals surface area contributed by atoms with E-state index in [2.05, 4.69) is 0 Å². The van der Waals surface area contributed by atoms with Gasteiger partial charge in [0, 0.05) is 11.9 Å². The van der Waals surface area contributed by atoms with Gasteiger partial charge in [-0.3, -0.25) is 0 Å². The summed E-state index contributed by atoms with van der Waals surface area (Å²) >= 11 is 0. The largest absolute Gasteiger partial charge is 0.550 e. The minimum Gasteiger partial charge on any atom is -0.550 e. The molecule has 3 heteroatoms. The number of hydrogen-bond acceptors (Lipinski definition) is 3.